The molecular weight excluding hydrogens is 408 g/mol. The molecule has 0 aliphatic heterocycles. The first kappa shape index (κ1) is 21.1. The van der Waals surface area contributed by atoms with Crippen LogP contribution in [0.5, 0.6) is 0 Å². The van der Waals surface area contributed by atoms with Gasteiger partial charge in [-0.2, -0.15) is 5.10 Å². The Hall–Kier alpha value is -3.10. The minimum absolute atomic E-state index is 0.105. The fourth-order valence-electron chi connectivity index (χ4n) is 3.65. The second kappa shape index (κ2) is 9.36. The minimum Gasteiger partial charge on any atom is -0.350 e. The summed E-state index contributed by atoms with van der Waals surface area (Å²) in [4.78, 5) is 25.4. The van der Waals surface area contributed by atoms with Crippen molar-refractivity contribution >= 4 is 22.9 Å². The van der Waals surface area contributed by atoms with Crippen LogP contribution in [0.4, 0.5) is 0 Å². The van der Waals surface area contributed by atoms with E-state index in [0.717, 1.165) is 29.2 Å². The number of likely N-dealkylation sites (N-methyl/N-ethyl adjacent to an activating group) is 1. The van der Waals surface area contributed by atoms with Gasteiger partial charge in [0.15, 0.2) is 5.65 Å². The van der Waals surface area contributed by atoms with E-state index >= 15 is 0 Å². The van der Waals surface area contributed by atoms with E-state index in [0.29, 0.717) is 23.4 Å². The van der Waals surface area contributed by atoms with Gasteiger partial charge in [0, 0.05) is 30.5 Å². The molecular formula is C23H26N6OS. The highest BCUT2D eigenvalue weighted by atomic mass is 32.1. The van der Waals surface area contributed by atoms with Crippen LogP contribution in [0, 0.1) is 0 Å². The second-order valence-electron chi connectivity index (χ2n) is 7.33. The van der Waals surface area contributed by atoms with Gasteiger partial charge in [0.1, 0.15) is 0 Å². The van der Waals surface area contributed by atoms with Gasteiger partial charge in [-0.15, -0.1) is 11.3 Å². The molecule has 4 aromatic rings. The lowest BCUT2D eigenvalue weighted by molar-refractivity contribution is 0.0938. The molecule has 1 N–H and O–H groups in total. The first-order chi connectivity index (χ1) is 15.1. The number of thiophene rings is 1. The first-order valence-corrected chi connectivity index (χ1v) is 11.4. The van der Waals surface area contributed by atoms with Crippen molar-refractivity contribution in [2.45, 2.75) is 26.8 Å². The Morgan fingerprint density at radius 2 is 2.06 bits per heavy atom. The minimum atomic E-state index is -0.105. The molecule has 1 atom stereocenters. The van der Waals surface area contributed by atoms with Crippen LogP contribution in [-0.2, 0) is 0 Å². The number of carbonyl (C=O) groups excluding carboxylic acids is 1. The summed E-state index contributed by atoms with van der Waals surface area (Å²) < 4.78 is 1.73. The van der Waals surface area contributed by atoms with E-state index < -0.39 is 0 Å². The molecule has 8 heteroatoms. The van der Waals surface area contributed by atoms with Crippen LogP contribution in [0.2, 0.25) is 0 Å². The summed E-state index contributed by atoms with van der Waals surface area (Å²) in [5.74, 6) is -0.105. The lowest BCUT2D eigenvalue weighted by atomic mass is 10.1. The number of nitrogens with one attached hydrogen (secondary N) is 1. The number of nitrogens with zero attached hydrogens (tertiary/aromatic N) is 5. The summed E-state index contributed by atoms with van der Waals surface area (Å²) in [7, 11) is 0. The quantitative estimate of drug-likeness (QED) is 0.454. The third-order valence-corrected chi connectivity index (χ3v) is 6.33. The molecule has 0 fully saturated rings. The largest absolute Gasteiger partial charge is 0.350 e. The molecule has 160 valence electrons. The van der Waals surface area contributed by atoms with Gasteiger partial charge in [-0.25, -0.2) is 9.50 Å². The van der Waals surface area contributed by atoms with Gasteiger partial charge in [-0.05, 0) is 49.7 Å². The van der Waals surface area contributed by atoms with Gasteiger partial charge in [0.25, 0.3) is 5.91 Å². The monoisotopic (exact) mass is 434 g/mol. The third-order valence-electron chi connectivity index (χ3n) is 5.43. The number of fused-ring (bicyclic) bond motifs is 1. The van der Waals surface area contributed by atoms with Gasteiger partial charge in [-0.3, -0.25) is 14.7 Å². The highest BCUT2D eigenvalue weighted by Crippen LogP contribution is 2.27. The fraction of sp³-hybridized carbons (Fsp3) is 0.304. The standard InChI is InChI=1S/C23H26N6OS/c1-4-28(5-2)16(3)14-25-23(30)17-8-10-24-20(13-17)18-15-26-29-11-9-19(27-22(18)29)21-7-6-12-31-21/h6-13,15-16H,4-5,14H2,1-3H3,(H,25,30). The molecule has 0 saturated heterocycles. The molecule has 1 unspecified atom stereocenters. The van der Waals surface area contributed by atoms with Gasteiger partial charge >= 0.3 is 0 Å². The van der Waals surface area contributed by atoms with E-state index in [4.69, 9.17) is 4.98 Å². The van der Waals surface area contributed by atoms with Crippen LogP contribution in [0.15, 0.2) is 54.3 Å². The van der Waals surface area contributed by atoms with Crippen molar-refractivity contribution in [2.75, 3.05) is 19.6 Å². The summed E-state index contributed by atoms with van der Waals surface area (Å²) in [6.07, 6.45) is 5.30. The van der Waals surface area contributed by atoms with Crippen molar-refractivity contribution in [1.29, 1.82) is 0 Å². The van der Waals surface area contributed by atoms with E-state index in [1.807, 2.05) is 29.8 Å². The van der Waals surface area contributed by atoms with Crippen LogP contribution in [-0.4, -0.2) is 56.1 Å². The van der Waals surface area contributed by atoms with Crippen molar-refractivity contribution < 1.29 is 4.79 Å². The van der Waals surface area contributed by atoms with Crippen molar-refractivity contribution in [3.63, 3.8) is 0 Å². The summed E-state index contributed by atoms with van der Waals surface area (Å²) in [6.45, 7) is 8.90. The molecule has 4 aromatic heterocycles. The smallest absolute Gasteiger partial charge is 0.251 e. The maximum absolute atomic E-state index is 12.8. The SMILES string of the molecule is CCN(CC)C(C)CNC(=O)c1ccnc(-c2cnn3ccc(-c4cccs4)nc23)c1. The van der Waals surface area contributed by atoms with Gasteiger partial charge < -0.3 is 5.32 Å². The van der Waals surface area contributed by atoms with Gasteiger partial charge in [0.05, 0.1) is 28.0 Å². The molecule has 31 heavy (non-hydrogen) atoms. The number of pyridine rings is 1. The van der Waals surface area contributed by atoms with Crippen LogP contribution >= 0.6 is 11.3 Å². The Labute approximate surface area is 185 Å². The lowest BCUT2D eigenvalue weighted by Crippen LogP contribution is -2.42. The maximum Gasteiger partial charge on any atom is 0.251 e. The van der Waals surface area contributed by atoms with Crippen molar-refractivity contribution in [3.8, 4) is 21.8 Å². The van der Waals surface area contributed by atoms with Crippen molar-refractivity contribution in [2.24, 2.45) is 0 Å². The molecule has 0 aromatic carbocycles. The summed E-state index contributed by atoms with van der Waals surface area (Å²) >= 11 is 1.64. The van der Waals surface area contributed by atoms with Crippen LogP contribution < -0.4 is 5.32 Å². The van der Waals surface area contributed by atoms with E-state index in [-0.39, 0.29) is 11.9 Å². The van der Waals surface area contributed by atoms with E-state index in [1.165, 1.54) is 0 Å². The summed E-state index contributed by atoms with van der Waals surface area (Å²) in [6, 6.07) is 9.81. The zero-order chi connectivity index (χ0) is 21.8. The fourth-order valence-corrected chi connectivity index (χ4v) is 4.34. The molecule has 0 bridgehead atoms. The highest BCUT2D eigenvalue weighted by molar-refractivity contribution is 7.13. The number of hydrogen-bond donors (Lipinski definition) is 1. The van der Waals surface area contributed by atoms with Crippen molar-refractivity contribution in [1.82, 2.24) is 29.8 Å². The van der Waals surface area contributed by atoms with Gasteiger partial charge in [-0.1, -0.05) is 19.9 Å². The molecule has 0 radical (unpaired) electrons. The Morgan fingerprint density at radius 1 is 1.23 bits per heavy atom. The molecule has 1 amide bonds. The molecule has 0 aliphatic rings. The zero-order valence-corrected chi connectivity index (χ0v) is 18.8. The number of amides is 1. The maximum atomic E-state index is 12.8. The molecule has 7 nitrogen and oxygen atoms in total. The predicted molar refractivity (Wildman–Crippen MR) is 124 cm³/mol. The van der Waals surface area contributed by atoms with Crippen molar-refractivity contribution in [3.05, 3.63) is 59.9 Å². The average molecular weight is 435 g/mol. The van der Waals surface area contributed by atoms with E-state index in [9.17, 15) is 4.79 Å². The Kier molecular flexibility index (Phi) is 6.39. The van der Waals surface area contributed by atoms with Crippen LogP contribution in [0.3, 0.4) is 0 Å². The normalized spacial score (nSPS) is 12.4. The van der Waals surface area contributed by atoms with Gasteiger partial charge in [0.2, 0.25) is 0 Å². The molecule has 4 rings (SSSR count). The Morgan fingerprint density at radius 3 is 2.81 bits per heavy atom. The Balaban J connectivity index is 1.57. The lowest BCUT2D eigenvalue weighted by Gasteiger charge is -2.26. The molecule has 0 saturated carbocycles. The Bertz CT molecular complexity index is 1170. The van der Waals surface area contributed by atoms with E-state index in [2.05, 4.69) is 41.1 Å². The molecule has 0 spiro atoms. The third kappa shape index (κ3) is 4.50. The number of rotatable bonds is 8. The predicted octanol–water partition coefficient (Wildman–Crippen LogP) is 3.98. The van der Waals surface area contributed by atoms with Crippen LogP contribution in [0.25, 0.3) is 27.5 Å². The molecule has 0 aliphatic carbocycles. The highest BCUT2D eigenvalue weighted by Gasteiger charge is 2.15. The second-order valence-corrected chi connectivity index (χ2v) is 8.27. The number of hydrogen-bond acceptors (Lipinski definition) is 6. The average Bonchev–Trinajstić information content (AvgIpc) is 3.48. The molecule has 4 heterocycles. The summed E-state index contributed by atoms with van der Waals surface area (Å²) in [5, 5.41) is 9.47. The number of aromatic nitrogens is 4. The number of carbonyl (C=O) groups is 1. The topological polar surface area (TPSA) is 75.4 Å². The van der Waals surface area contributed by atoms with E-state index in [1.54, 1.807) is 40.4 Å². The summed E-state index contributed by atoms with van der Waals surface area (Å²) in [5.41, 5.74) is 3.65. The first-order valence-electron chi connectivity index (χ1n) is 10.5. The van der Waals surface area contributed by atoms with Crippen LogP contribution in [0.1, 0.15) is 31.1 Å². The zero-order valence-electron chi connectivity index (χ0n) is 17.9.